The van der Waals surface area contributed by atoms with Gasteiger partial charge in [0.1, 0.15) is 17.3 Å². The minimum absolute atomic E-state index is 0.00778. The minimum Gasteiger partial charge on any atom is -0.497 e. The van der Waals surface area contributed by atoms with Crippen molar-refractivity contribution in [3.05, 3.63) is 42.6 Å². The van der Waals surface area contributed by atoms with Crippen molar-refractivity contribution in [1.82, 2.24) is 10.2 Å². The largest absolute Gasteiger partial charge is 0.497 e. The quantitative estimate of drug-likeness (QED) is 0.0421. The highest BCUT2D eigenvalue weighted by Gasteiger charge is 2.50. The van der Waals surface area contributed by atoms with Gasteiger partial charge in [-0.25, -0.2) is 4.79 Å². The number of carbonyl (C=O) groups is 1. The Labute approximate surface area is 349 Å². The molecule has 310 valence electrons. The summed E-state index contributed by atoms with van der Waals surface area (Å²) in [5.41, 5.74) is -2.15. The van der Waals surface area contributed by atoms with Gasteiger partial charge < -0.3 is 33.4 Å². The van der Waals surface area contributed by atoms with Crippen LogP contribution < -0.4 is 24.8 Å². The van der Waals surface area contributed by atoms with Gasteiger partial charge in [-0.1, -0.05) is 79.4 Å². The molecule has 3 rings (SSSR count). The Bertz CT molecular complexity index is 1690. The minimum atomic E-state index is -2.98. The Hall–Kier alpha value is -1.56. The second-order valence-electron chi connectivity index (χ2n) is 17.7. The average Bonchev–Trinajstić information content (AvgIpc) is 3.08. The number of aromatic hydroxyl groups is 1. The number of thiol groups is 1. The van der Waals surface area contributed by atoms with Gasteiger partial charge in [-0.05, 0) is 72.4 Å². The zero-order chi connectivity index (χ0) is 41.9. The van der Waals surface area contributed by atoms with Crippen LogP contribution in [0.4, 0.5) is 10.5 Å². The van der Waals surface area contributed by atoms with Gasteiger partial charge in [0, 0.05) is 38.4 Å². The number of rotatable bonds is 19. The molecule has 1 aliphatic heterocycles. The van der Waals surface area contributed by atoms with Gasteiger partial charge in [-0.3, -0.25) is 4.90 Å². The van der Waals surface area contributed by atoms with E-state index in [1.807, 2.05) is 55.5 Å². The molecule has 0 aliphatic carbocycles. The molecule has 0 bridgehead atoms. The zero-order valence-corrected chi connectivity index (χ0v) is 41.2. The van der Waals surface area contributed by atoms with Crippen molar-refractivity contribution >= 4 is 80.4 Å². The van der Waals surface area contributed by atoms with Gasteiger partial charge in [0.05, 0.1) is 43.0 Å². The number of hydrogen-bond donors (Lipinski definition) is 3. The molecule has 2 aromatic rings. The van der Waals surface area contributed by atoms with Crippen LogP contribution >= 0.6 is 29.9 Å². The first-order chi connectivity index (χ1) is 25.2. The molecule has 1 aromatic carbocycles. The van der Waals surface area contributed by atoms with Crippen molar-refractivity contribution in [1.29, 1.82) is 0 Å². The lowest BCUT2D eigenvalue weighted by Gasteiger charge is -2.47. The standard InChI is InChI=1S/C39H67N4O6PS3Si2/c1-27(2)38(5,6)54(12,13)47-26-33(48-50(52,53)31-18-16-30(46-11)17-19-31)32(49-55(14,15)39(7,8)28(3)4)25-35(43-23-21-34(51)40-37(43)45)42-22-20-29(41(9)10)24-36(42)44/h16-20,22,24,27-28,32-33,35H,21,23,25-26H2,1-15H3,(H2,40,45,51,52,53)/p+1/t32-,33+,35?/m0/s1. The van der Waals surface area contributed by atoms with E-state index in [1.54, 1.807) is 22.6 Å². The van der Waals surface area contributed by atoms with Crippen molar-refractivity contribution in [3.8, 4) is 11.6 Å². The van der Waals surface area contributed by atoms with Crippen LogP contribution in [0.3, 0.4) is 0 Å². The molecule has 2 amide bonds. The van der Waals surface area contributed by atoms with Crippen LogP contribution in [0.1, 0.15) is 74.4 Å². The summed E-state index contributed by atoms with van der Waals surface area (Å²) in [5, 5.41) is 15.0. The van der Waals surface area contributed by atoms with E-state index in [0.717, 1.165) is 11.0 Å². The molecule has 1 fully saturated rings. The molecule has 2 N–H and O–H groups in total. The van der Waals surface area contributed by atoms with Crippen molar-refractivity contribution in [2.24, 2.45) is 11.8 Å². The number of carbonyl (C=O) groups excluding carboxylic acids is 1. The van der Waals surface area contributed by atoms with Crippen LogP contribution in [-0.4, -0.2) is 84.2 Å². The molecule has 0 saturated carbocycles. The van der Waals surface area contributed by atoms with E-state index in [9.17, 15) is 9.90 Å². The van der Waals surface area contributed by atoms with E-state index >= 15 is 0 Å². The number of amides is 2. The second kappa shape index (κ2) is 18.6. The molecule has 4 atom stereocenters. The van der Waals surface area contributed by atoms with Gasteiger partial charge in [-0.15, -0.1) is 16.8 Å². The van der Waals surface area contributed by atoms with Crippen LogP contribution in [0.25, 0.3) is 0 Å². The Morgan fingerprint density at radius 2 is 1.56 bits per heavy atom. The highest BCUT2D eigenvalue weighted by molar-refractivity contribution is 8.64. The number of benzene rings is 1. The highest BCUT2D eigenvalue weighted by Crippen LogP contribution is 2.54. The first-order valence-electron chi connectivity index (χ1n) is 19.2. The fourth-order valence-electron chi connectivity index (χ4n) is 6.37. The van der Waals surface area contributed by atoms with Gasteiger partial charge >= 0.3 is 11.9 Å². The molecule has 1 saturated heterocycles. The SMILES string of the molecule is COc1ccc(P(=S)(S)O[C@H](CO[Si](C)(C)C(C)(C)C(C)C)[C@H](CC(N2CCC(=S)NC2=O)[n+]2ccc(N(C)C)cc2O)O[Si](C)(C)C(C)(C)C(C)C)cc1. The lowest BCUT2D eigenvalue weighted by Crippen LogP contribution is -2.60. The highest BCUT2D eigenvalue weighted by atomic mass is 32.9. The van der Waals surface area contributed by atoms with E-state index in [1.165, 1.54) is 0 Å². The summed E-state index contributed by atoms with van der Waals surface area (Å²) < 4.78 is 28.9. The van der Waals surface area contributed by atoms with Crippen molar-refractivity contribution in [2.75, 3.05) is 39.3 Å². The summed E-state index contributed by atoms with van der Waals surface area (Å²) in [6.07, 6.45) is 0.573. The number of thiocarbonyl (C=S) groups is 1. The maximum absolute atomic E-state index is 13.8. The molecule has 10 nitrogen and oxygen atoms in total. The third kappa shape index (κ3) is 11.3. The molecular formula is C39H68N4O6PS3Si2+. The fourth-order valence-corrected chi connectivity index (χ4v) is 14.3. The third-order valence-electron chi connectivity index (χ3n) is 12.8. The maximum Gasteiger partial charge on any atom is 0.369 e. The molecule has 55 heavy (non-hydrogen) atoms. The number of urea groups is 1. The number of methoxy groups -OCH3 is 1. The fraction of sp³-hybridized carbons (Fsp3) is 0.667. The first-order valence-corrected chi connectivity index (χ1v) is 29.3. The predicted molar refractivity (Wildman–Crippen MR) is 243 cm³/mol. The van der Waals surface area contributed by atoms with E-state index in [4.69, 9.17) is 54.4 Å². The molecule has 2 heterocycles. The van der Waals surface area contributed by atoms with E-state index in [0.29, 0.717) is 35.5 Å². The van der Waals surface area contributed by atoms with Gasteiger partial charge in [0.25, 0.3) is 0 Å². The molecule has 0 spiro atoms. The lowest BCUT2D eigenvalue weighted by molar-refractivity contribution is -0.746. The van der Waals surface area contributed by atoms with E-state index < -0.39 is 40.5 Å². The predicted octanol–water partition coefficient (Wildman–Crippen LogP) is 9.02. The topological polar surface area (TPSA) is 96.6 Å². The van der Waals surface area contributed by atoms with Crippen LogP contribution in [0, 0.1) is 11.8 Å². The molecule has 0 radical (unpaired) electrons. The Balaban J connectivity index is 2.30. The first kappa shape index (κ1) is 47.8. The second-order valence-corrected chi connectivity index (χ2v) is 33.1. The third-order valence-corrected chi connectivity index (χ3v) is 25.6. The molecule has 1 aliphatic rings. The number of aromatic nitrogens is 1. The lowest BCUT2D eigenvalue weighted by atomic mass is 9.99. The number of ether oxygens (including phenoxy) is 1. The van der Waals surface area contributed by atoms with Gasteiger partial charge in [0.15, 0.2) is 22.8 Å². The molecule has 16 heteroatoms. The van der Waals surface area contributed by atoms with Crippen molar-refractivity contribution in [2.45, 2.75) is 123 Å². The summed E-state index contributed by atoms with van der Waals surface area (Å²) in [7, 11) is 0.467. The van der Waals surface area contributed by atoms with E-state index in [2.05, 4.69) is 86.9 Å². The van der Waals surface area contributed by atoms with Crippen molar-refractivity contribution < 1.29 is 32.6 Å². The molecule has 2 unspecified atom stereocenters. The normalized spacial score (nSPS) is 17.5. The molecular weight excluding hydrogens is 804 g/mol. The summed E-state index contributed by atoms with van der Waals surface area (Å²) >= 11 is 16.8. The van der Waals surface area contributed by atoms with E-state index in [-0.39, 0.29) is 35.0 Å². The van der Waals surface area contributed by atoms with Crippen LogP contribution in [0.15, 0.2) is 42.6 Å². The summed E-state index contributed by atoms with van der Waals surface area (Å²) in [6.45, 7) is 27.6. The van der Waals surface area contributed by atoms with Crippen molar-refractivity contribution in [3.63, 3.8) is 0 Å². The number of hydrogen-bond acceptors (Lipinski definition) is 9. The maximum atomic E-state index is 13.8. The van der Waals surface area contributed by atoms with Gasteiger partial charge in [0.2, 0.25) is 6.17 Å². The Morgan fingerprint density at radius 1 is 1.00 bits per heavy atom. The number of anilines is 1. The summed E-state index contributed by atoms with van der Waals surface area (Å²) in [4.78, 5) is 17.9. The number of nitrogens with zero attached hydrogens (tertiary/aromatic N) is 3. The Kier molecular flexibility index (Phi) is 16.1. The van der Waals surface area contributed by atoms with Gasteiger partial charge in [-0.2, -0.15) is 0 Å². The monoisotopic (exact) mass is 871 g/mol. The summed E-state index contributed by atoms with van der Waals surface area (Å²) in [5.74, 6) is 1.42. The number of pyridine rings is 1. The van der Waals surface area contributed by atoms with Crippen LogP contribution in [0.5, 0.6) is 11.6 Å². The van der Waals surface area contributed by atoms with Crippen LogP contribution in [0.2, 0.25) is 36.3 Å². The summed E-state index contributed by atoms with van der Waals surface area (Å²) in [6, 6.07) is 10.8. The molecule has 1 aromatic heterocycles. The smallest absolute Gasteiger partial charge is 0.369 e. The van der Waals surface area contributed by atoms with Crippen LogP contribution in [-0.2, 0) is 25.2 Å². The number of nitrogens with one attached hydrogen (secondary N) is 1. The average molecular weight is 872 g/mol. The Morgan fingerprint density at radius 3 is 2.05 bits per heavy atom. The zero-order valence-electron chi connectivity index (χ0n) is 35.8.